The highest BCUT2D eigenvalue weighted by molar-refractivity contribution is 9.10. The van der Waals surface area contributed by atoms with E-state index in [-0.39, 0.29) is 0 Å². The van der Waals surface area contributed by atoms with Gasteiger partial charge in [0.1, 0.15) is 4.60 Å². The van der Waals surface area contributed by atoms with E-state index in [4.69, 9.17) is 0 Å². The van der Waals surface area contributed by atoms with Crippen LogP contribution in [-0.2, 0) is 0 Å². The number of rotatable bonds is 4. The van der Waals surface area contributed by atoms with E-state index >= 15 is 0 Å². The molecule has 0 saturated carbocycles. The van der Waals surface area contributed by atoms with Gasteiger partial charge in [0.25, 0.3) is 0 Å². The van der Waals surface area contributed by atoms with Crippen LogP contribution in [0.4, 0.5) is 5.82 Å². The van der Waals surface area contributed by atoms with Gasteiger partial charge in [-0.2, -0.15) is 0 Å². The zero-order valence-electron chi connectivity index (χ0n) is 9.31. The molecule has 5 nitrogen and oxygen atoms in total. The molecule has 0 aliphatic rings. The van der Waals surface area contributed by atoms with Crippen molar-refractivity contribution in [1.29, 1.82) is 0 Å². The summed E-state index contributed by atoms with van der Waals surface area (Å²) in [5, 5.41) is 3.28. The van der Waals surface area contributed by atoms with Crippen molar-refractivity contribution in [2.45, 2.75) is 0 Å². The van der Waals surface area contributed by atoms with Crippen molar-refractivity contribution in [2.75, 3.05) is 32.5 Å². The maximum absolute atomic E-state index is 4.37. The Labute approximate surface area is 103 Å². The van der Waals surface area contributed by atoms with Crippen molar-refractivity contribution < 1.29 is 0 Å². The van der Waals surface area contributed by atoms with Crippen LogP contribution in [0.25, 0.3) is 5.65 Å². The van der Waals surface area contributed by atoms with Crippen LogP contribution < -0.4 is 5.32 Å². The van der Waals surface area contributed by atoms with Crippen molar-refractivity contribution >= 4 is 27.4 Å². The Bertz CT molecular complexity index is 479. The number of likely N-dealkylation sites (N-methyl/N-ethyl adjacent to an activating group) is 1. The molecule has 0 bridgehead atoms. The maximum Gasteiger partial charge on any atom is 0.180 e. The average molecular weight is 284 g/mol. The zero-order chi connectivity index (χ0) is 11.5. The summed E-state index contributed by atoms with van der Waals surface area (Å²) in [5.74, 6) is 0.807. The third-order valence-corrected chi connectivity index (χ3v) is 2.58. The first-order valence-electron chi connectivity index (χ1n) is 5.04. The second kappa shape index (κ2) is 4.80. The number of hydrogen-bond donors (Lipinski definition) is 1. The number of nitrogens with one attached hydrogen (secondary N) is 1. The van der Waals surface area contributed by atoms with Gasteiger partial charge in [-0.05, 0) is 30.0 Å². The summed E-state index contributed by atoms with van der Waals surface area (Å²) in [5.41, 5.74) is 0.849. The highest BCUT2D eigenvalue weighted by Gasteiger charge is 2.05. The lowest BCUT2D eigenvalue weighted by Crippen LogP contribution is -2.21. The van der Waals surface area contributed by atoms with Crippen molar-refractivity contribution in [3.8, 4) is 0 Å². The Morgan fingerprint density at radius 2 is 2.31 bits per heavy atom. The second-order valence-electron chi connectivity index (χ2n) is 3.80. The van der Waals surface area contributed by atoms with Gasteiger partial charge in [-0.1, -0.05) is 0 Å². The Hall–Kier alpha value is -1.14. The van der Waals surface area contributed by atoms with E-state index in [0.29, 0.717) is 0 Å². The summed E-state index contributed by atoms with van der Waals surface area (Å²) in [4.78, 5) is 10.8. The molecule has 2 aromatic rings. The fourth-order valence-corrected chi connectivity index (χ4v) is 1.82. The normalized spacial score (nSPS) is 11.2. The van der Waals surface area contributed by atoms with Gasteiger partial charge in [0.15, 0.2) is 11.5 Å². The molecule has 2 heterocycles. The maximum atomic E-state index is 4.37. The molecule has 0 aliphatic carbocycles. The SMILES string of the molecule is CN(C)CCNc1nc(Br)cn2ccnc12. The van der Waals surface area contributed by atoms with Crippen molar-refractivity contribution in [3.05, 3.63) is 23.2 Å². The molecule has 16 heavy (non-hydrogen) atoms. The number of anilines is 1. The molecule has 2 rings (SSSR count). The van der Waals surface area contributed by atoms with Crippen LogP contribution in [0.1, 0.15) is 0 Å². The molecular formula is C10H14BrN5. The molecule has 0 saturated heterocycles. The Kier molecular flexibility index (Phi) is 3.40. The molecule has 86 valence electrons. The first kappa shape index (κ1) is 11.3. The van der Waals surface area contributed by atoms with Crippen LogP contribution >= 0.6 is 15.9 Å². The van der Waals surface area contributed by atoms with E-state index in [9.17, 15) is 0 Å². The number of aromatic nitrogens is 3. The van der Waals surface area contributed by atoms with E-state index in [2.05, 4.69) is 36.1 Å². The minimum Gasteiger partial charge on any atom is -0.366 e. The quantitative estimate of drug-likeness (QED) is 0.923. The Morgan fingerprint density at radius 1 is 1.50 bits per heavy atom. The smallest absolute Gasteiger partial charge is 0.180 e. The summed E-state index contributed by atoms with van der Waals surface area (Å²) < 4.78 is 2.74. The van der Waals surface area contributed by atoms with Crippen LogP contribution in [0.15, 0.2) is 23.2 Å². The fraction of sp³-hybridized carbons (Fsp3) is 0.400. The molecule has 1 N–H and O–H groups in total. The lowest BCUT2D eigenvalue weighted by Gasteiger charge is -2.11. The molecule has 0 unspecified atom stereocenters. The summed E-state index contributed by atoms with van der Waals surface area (Å²) in [7, 11) is 4.09. The molecule has 0 spiro atoms. The highest BCUT2D eigenvalue weighted by Crippen LogP contribution is 2.16. The van der Waals surface area contributed by atoms with Gasteiger partial charge in [0.05, 0.1) is 0 Å². The van der Waals surface area contributed by atoms with Gasteiger partial charge in [-0.25, -0.2) is 9.97 Å². The zero-order valence-corrected chi connectivity index (χ0v) is 10.9. The van der Waals surface area contributed by atoms with Gasteiger partial charge < -0.3 is 14.6 Å². The van der Waals surface area contributed by atoms with E-state index in [0.717, 1.165) is 29.2 Å². The molecule has 2 aromatic heterocycles. The summed E-state index contributed by atoms with van der Waals surface area (Å²) in [6, 6.07) is 0. The molecule has 0 fully saturated rings. The Morgan fingerprint density at radius 3 is 3.06 bits per heavy atom. The van der Waals surface area contributed by atoms with E-state index in [1.807, 2.05) is 30.9 Å². The number of fused-ring (bicyclic) bond motifs is 1. The van der Waals surface area contributed by atoms with Crippen molar-refractivity contribution in [3.63, 3.8) is 0 Å². The summed E-state index contributed by atoms with van der Waals surface area (Å²) in [6.45, 7) is 1.81. The number of halogens is 1. The van der Waals surface area contributed by atoms with Gasteiger partial charge in [0.2, 0.25) is 0 Å². The van der Waals surface area contributed by atoms with Crippen LogP contribution in [0.2, 0.25) is 0 Å². The molecule has 0 atom stereocenters. The average Bonchev–Trinajstić information content (AvgIpc) is 2.64. The summed E-state index contributed by atoms with van der Waals surface area (Å²) in [6.07, 6.45) is 5.55. The van der Waals surface area contributed by atoms with Crippen LogP contribution in [-0.4, -0.2) is 46.5 Å². The molecule has 0 radical (unpaired) electrons. The van der Waals surface area contributed by atoms with Gasteiger partial charge in [-0.15, -0.1) is 0 Å². The fourth-order valence-electron chi connectivity index (χ4n) is 1.42. The lowest BCUT2D eigenvalue weighted by molar-refractivity contribution is 0.425. The lowest BCUT2D eigenvalue weighted by atomic mass is 10.5. The van der Waals surface area contributed by atoms with Crippen LogP contribution in [0.3, 0.4) is 0 Å². The first-order chi connectivity index (χ1) is 7.66. The monoisotopic (exact) mass is 283 g/mol. The standard InChI is InChI=1S/C10H14BrN5/c1-15(2)5-3-12-9-10-13-4-6-16(10)7-8(11)14-9/h4,6-7H,3,5H2,1-2H3,(H,12,14). The number of hydrogen-bond acceptors (Lipinski definition) is 4. The minimum atomic E-state index is 0.797. The topological polar surface area (TPSA) is 45.5 Å². The summed E-state index contributed by atoms with van der Waals surface area (Å²) >= 11 is 3.38. The second-order valence-corrected chi connectivity index (χ2v) is 4.61. The highest BCUT2D eigenvalue weighted by atomic mass is 79.9. The largest absolute Gasteiger partial charge is 0.366 e. The first-order valence-corrected chi connectivity index (χ1v) is 5.84. The predicted molar refractivity (Wildman–Crippen MR) is 67.7 cm³/mol. The van der Waals surface area contributed by atoms with E-state index in [1.165, 1.54) is 0 Å². The molecule has 6 heteroatoms. The van der Waals surface area contributed by atoms with Crippen molar-refractivity contribution in [2.24, 2.45) is 0 Å². The van der Waals surface area contributed by atoms with Gasteiger partial charge in [-0.3, -0.25) is 0 Å². The predicted octanol–water partition coefficient (Wildman–Crippen LogP) is 1.47. The third-order valence-electron chi connectivity index (χ3n) is 2.20. The van der Waals surface area contributed by atoms with Crippen LogP contribution in [0, 0.1) is 0 Å². The van der Waals surface area contributed by atoms with Gasteiger partial charge in [0, 0.05) is 31.7 Å². The molecule has 0 aliphatic heterocycles. The molecule has 0 amide bonds. The minimum absolute atomic E-state index is 0.797. The third kappa shape index (κ3) is 2.51. The van der Waals surface area contributed by atoms with E-state index < -0.39 is 0 Å². The Balaban J connectivity index is 2.19. The van der Waals surface area contributed by atoms with Crippen LogP contribution in [0.5, 0.6) is 0 Å². The molecular weight excluding hydrogens is 270 g/mol. The molecule has 0 aromatic carbocycles. The number of nitrogens with zero attached hydrogens (tertiary/aromatic N) is 4. The van der Waals surface area contributed by atoms with Gasteiger partial charge >= 0.3 is 0 Å². The number of imidazole rings is 1. The van der Waals surface area contributed by atoms with Crippen molar-refractivity contribution in [1.82, 2.24) is 19.3 Å². The van der Waals surface area contributed by atoms with E-state index in [1.54, 1.807) is 6.20 Å².